The van der Waals surface area contributed by atoms with Gasteiger partial charge in [-0.1, -0.05) is 0 Å². The molecule has 0 aromatic carbocycles. The molecule has 8 heteroatoms. The molecule has 23 heavy (non-hydrogen) atoms. The SMILES string of the molecule is O=C(O)c1n[nH]c2c1CN(C(=O)COCC1CCCCO1)CC2. The highest BCUT2D eigenvalue weighted by Crippen LogP contribution is 2.20. The first kappa shape index (κ1) is 15.9. The Labute approximate surface area is 133 Å². The van der Waals surface area contributed by atoms with Crippen molar-refractivity contribution in [2.24, 2.45) is 0 Å². The molecular weight excluding hydrogens is 302 g/mol. The Morgan fingerprint density at radius 3 is 3.04 bits per heavy atom. The standard InChI is InChI=1S/C15H21N3O5/c19-13(9-22-8-10-3-1-2-6-23-10)18-5-4-12-11(7-18)14(15(20)21)17-16-12/h10H,1-9H2,(H,16,17)(H,20,21). The summed E-state index contributed by atoms with van der Waals surface area (Å²) in [6.07, 6.45) is 3.85. The molecule has 0 radical (unpaired) electrons. The first-order chi connectivity index (χ1) is 11.1. The predicted octanol–water partition coefficient (Wildman–Crippen LogP) is 0.578. The number of amides is 1. The van der Waals surface area contributed by atoms with Crippen LogP contribution in [0.5, 0.6) is 0 Å². The highest BCUT2D eigenvalue weighted by atomic mass is 16.5. The van der Waals surface area contributed by atoms with E-state index in [2.05, 4.69) is 10.2 Å². The largest absolute Gasteiger partial charge is 0.476 e. The molecule has 2 aliphatic rings. The smallest absolute Gasteiger partial charge is 0.356 e. The number of carbonyl (C=O) groups is 2. The van der Waals surface area contributed by atoms with E-state index in [1.807, 2.05) is 0 Å². The third kappa shape index (κ3) is 3.70. The van der Waals surface area contributed by atoms with Gasteiger partial charge in [0.25, 0.3) is 0 Å². The van der Waals surface area contributed by atoms with Crippen LogP contribution in [0.1, 0.15) is 41.0 Å². The van der Waals surface area contributed by atoms with Gasteiger partial charge in [0.1, 0.15) is 6.61 Å². The molecule has 3 heterocycles. The second-order valence-electron chi connectivity index (χ2n) is 5.90. The van der Waals surface area contributed by atoms with E-state index < -0.39 is 5.97 Å². The van der Waals surface area contributed by atoms with E-state index in [1.165, 1.54) is 0 Å². The number of carbonyl (C=O) groups excluding carboxylic acids is 1. The van der Waals surface area contributed by atoms with Crippen LogP contribution in [0.15, 0.2) is 0 Å². The molecule has 0 spiro atoms. The molecule has 2 N–H and O–H groups in total. The topological polar surface area (TPSA) is 105 Å². The molecule has 1 fully saturated rings. The first-order valence-corrected chi connectivity index (χ1v) is 7.91. The summed E-state index contributed by atoms with van der Waals surface area (Å²) in [7, 11) is 0. The van der Waals surface area contributed by atoms with Gasteiger partial charge in [0.05, 0.1) is 12.7 Å². The summed E-state index contributed by atoms with van der Waals surface area (Å²) in [6.45, 7) is 1.98. The maximum absolute atomic E-state index is 12.2. The van der Waals surface area contributed by atoms with Crippen LogP contribution in [0.4, 0.5) is 0 Å². The zero-order chi connectivity index (χ0) is 16.2. The van der Waals surface area contributed by atoms with Crippen LogP contribution >= 0.6 is 0 Å². The lowest BCUT2D eigenvalue weighted by Crippen LogP contribution is -2.39. The summed E-state index contributed by atoms with van der Waals surface area (Å²) in [6, 6.07) is 0. The molecule has 2 aliphatic heterocycles. The minimum Gasteiger partial charge on any atom is -0.476 e. The normalized spacial score (nSPS) is 21.0. The van der Waals surface area contributed by atoms with Crippen LogP contribution < -0.4 is 0 Å². The van der Waals surface area contributed by atoms with Crippen LogP contribution in [0, 0.1) is 0 Å². The van der Waals surface area contributed by atoms with Crippen LogP contribution in [0.2, 0.25) is 0 Å². The van der Waals surface area contributed by atoms with E-state index in [-0.39, 0.29) is 30.9 Å². The number of aromatic amines is 1. The van der Waals surface area contributed by atoms with Gasteiger partial charge in [-0.25, -0.2) is 4.79 Å². The van der Waals surface area contributed by atoms with Crippen molar-refractivity contribution in [3.8, 4) is 0 Å². The number of H-pyrrole nitrogens is 1. The number of hydrogen-bond acceptors (Lipinski definition) is 5. The lowest BCUT2D eigenvalue weighted by molar-refractivity contribution is -0.139. The highest BCUT2D eigenvalue weighted by Gasteiger charge is 2.27. The van der Waals surface area contributed by atoms with Crippen molar-refractivity contribution in [1.29, 1.82) is 0 Å². The summed E-state index contributed by atoms with van der Waals surface area (Å²) in [4.78, 5) is 25.0. The maximum atomic E-state index is 12.2. The molecule has 126 valence electrons. The number of nitrogens with one attached hydrogen (secondary N) is 1. The Hall–Kier alpha value is -1.93. The summed E-state index contributed by atoms with van der Waals surface area (Å²) in [5, 5.41) is 15.7. The summed E-state index contributed by atoms with van der Waals surface area (Å²) >= 11 is 0. The number of nitrogens with zero attached hydrogens (tertiary/aromatic N) is 2. The van der Waals surface area contributed by atoms with E-state index in [0.29, 0.717) is 25.1 Å². The predicted molar refractivity (Wildman–Crippen MR) is 79.1 cm³/mol. The van der Waals surface area contributed by atoms with E-state index in [0.717, 1.165) is 31.6 Å². The van der Waals surface area contributed by atoms with E-state index >= 15 is 0 Å². The molecular formula is C15H21N3O5. The fourth-order valence-electron chi connectivity index (χ4n) is 2.99. The van der Waals surface area contributed by atoms with E-state index in [1.54, 1.807) is 4.90 Å². The Morgan fingerprint density at radius 2 is 2.30 bits per heavy atom. The minimum atomic E-state index is -1.08. The van der Waals surface area contributed by atoms with Crippen molar-refractivity contribution in [3.63, 3.8) is 0 Å². The lowest BCUT2D eigenvalue weighted by atomic mass is 10.1. The summed E-state index contributed by atoms with van der Waals surface area (Å²) in [5.41, 5.74) is 1.38. The quantitative estimate of drug-likeness (QED) is 0.821. The molecule has 8 nitrogen and oxygen atoms in total. The van der Waals surface area contributed by atoms with Gasteiger partial charge in [0, 0.05) is 37.4 Å². The lowest BCUT2D eigenvalue weighted by Gasteiger charge is -2.27. The number of aromatic nitrogens is 2. The van der Waals surface area contributed by atoms with Crippen molar-refractivity contribution < 1.29 is 24.2 Å². The monoisotopic (exact) mass is 323 g/mol. The van der Waals surface area contributed by atoms with Gasteiger partial charge < -0.3 is 19.5 Å². The van der Waals surface area contributed by atoms with Gasteiger partial charge >= 0.3 is 5.97 Å². The number of hydrogen-bond donors (Lipinski definition) is 2. The molecule has 1 saturated heterocycles. The number of fused-ring (bicyclic) bond motifs is 1. The third-order valence-electron chi connectivity index (χ3n) is 4.29. The highest BCUT2D eigenvalue weighted by molar-refractivity contribution is 5.88. The van der Waals surface area contributed by atoms with Crippen molar-refractivity contribution in [2.45, 2.75) is 38.3 Å². The second-order valence-corrected chi connectivity index (χ2v) is 5.90. The molecule has 1 unspecified atom stereocenters. The molecule has 0 bridgehead atoms. The molecule has 1 amide bonds. The third-order valence-corrected chi connectivity index (χ3v) is 4.29. The zero-order valence-electron chi connectivity index (χ0n) is 12.9. The maximum Gasteiger partial charge on any atom is 0.356 e. The fourth-order valence-corrected chi connectivity index (χ4v) is 2.99. The number of ether oxygens (including phenoxy) is 2. The molecule has 1 atom stereocenters. The Morgan fingerprint density at radius 1 is 1.43 bits per heavy atom. The van der Waals surface area contributed by atoms with Crippen LogP contribution in [-0.2, 0) is 27.2 Å². The van der Waals surface area contributed by atoms with Gasteiger partial charge in [-0.15, -0.1) is 0 Å². The van der Waals surface area contributed by atoms with Gasteiger partial charge in [-0.2, -0.15) is 5.10 Å². The molecule has 3 rings (SSSR count). The van der Waals surface area contributed by atoms with Crippen LogP contribution in [0.25, 0.3) is 0 Å². The van der Waals surface area contributed by atoms with Gasteiger partial charge in [-0.3, -0.25) is 9.89 Å². The van der Waals surface area contributed by atoms with Crippen LogP contribution in [-0.4, -0.2) is 64.5 Å². The minimum absolute atomic E-state index is 0.00451. The van der Waals surface area contributed by atoms with Crippen molar-refractivity contribution >= 4 is 11.9 Å². The van der Waals surface area contributed by atoms with Crippen molar-refractivity contribution in [2.75, 3.05) is 26.4 Å². The van der Waals surface area contributed by atoms with Crippen LogP contribution in [0.3, 0.4) is 0 Å². The van der Waals surface area contributed by atoms with E-state index in [4.69, 9.17) is 14.6 Å². The number of rotatable bonds is 5. The van der Waals surface area contributed by atoms with Gasteiger partial charge in [-0.05, 0) is 19.3 Å². The zero-order valence-corrected chi connectivity index (χ0v) is 12.9. The van der Waals surface area contributed by atoms with Gasteiger partial charge in [0.15, 0.2) is 5.69 Å². The fraction of sp³-hybridized carbons (Fsp3) is 0.667. The molecule has 1 aromatic heterocycles. The number of carboxylic acid groups (broad SMARTS) is 1. The summed E-state index contributed by atoms with van der Waals surface area (Å²) < 4.78 is 11.0. The Balaban J connectivity index is 1.50. The second kappa shape index (κ2) is 7.10. The Kier molecular flexibility index (Phi) is 4.92. The average Bonchev–Trinajstić information content (AvgIpc) is 2.99. The number of carboxylic acids is 1. The number of aromatic carboxylic acids is 1. The first-order valence-electron chi connectivity index (χ1n) is 7.91. The molecule has 0 saturated carbocycles. The van der Waals surface area contributed by atoms with E-state index in [9.17, 15) is 9.59 Å². The average molecular weight is 323 g/mol. The molecule has 1 aromatic rings. The molecule has 0 aliphatic carbocycles. The summed E-state index contributed by atoms with van der Waals surface area (Å²) in [5.74, 6) is -1.22. The van der Waals surface area contributed by atoms with Gasteiger partial charge in [0.2, 0.25) is 5.91 Å². The van der Waals surface area contributed by atoms with Crippen molar-refractivity contribution in [3.05, 3.63) is 17.0 Å². The Bertz CT molecular complexity index is 580. The van der Waals surface area contributed by atoms with Crippen molar-refractivity contribution in [1.82, 2.24) is 15.1 Å².